The summed E-state index contributed by atoms with van der Waals surface area (Å²) in [6.07, 6.45) is 14.6. The first-order valence-corrected chi connectivity index (χ1v) is 11.9. The lowest BCUT2D eigenvalue weighted by molar-refractivity contribution is 0.109. The largest absolute Gasteiger partial charge is 0.362 e. The van der Waals surface area contributed by atoms with Crippen molar-refractivity contribution in [2.75, 3.05) is 24.3 Å². The summed E-state index contributed by atoms with van der Waals surface area (Å²) in [5, 5.41) is 3.61. The van der Waals surface area contributed by atoms with Gasteiger partial charge in [0.05, 0.1) is 5.69 Å². The molecule has 3 aliphatic rings. The van der Waals surface area contributed by atoms with Gasteiger partial charge in [-0.25, -0.2) is 9.78 Å². The predicted molar refractivity (Wildman–Crippen MR) is 121 cm³/mol. The van der Waals surface area contributed by atoms with Crippen LogP contribution in [-0.4, -0.2) is 53.1 Å². The number of nitrogens with zero attached hydrogens (tertiary/aromatic N) is 4. The van der Waals surface area contributed by atoms with Crippen molar-refractivity contribution in [1.82, 2.24) is 14.9 Å². The van der Waals surface area contributed by atoms with Crippen LogP contribution in [0.25, 0.3) is 0 Å². The first-order valence-electron chi connectivity index (χ1n) is 11.9. The van der Waals surface area contributed by atoms with E-state index >= 15 is 0 Å². The number of rotatable bonds is 5. The Balaban J connectivity index is 1.40. The highest BCUT2D eigenvalue weighted by atomic mass is 16.2. The number of nitrogens with one attached hydrogen (secondary N) is 1. The van der Waals surface area contributed by atoms with Gasteiger partial charge >= 0.3 is 6.03 Å². The van der Waals surface area contributed by atoms with Crippen LogP contribution in [0.2, 0.25) is 0 Å². The molecule has 0 aliphatic heterocycles. The lowest BCUT2D eigenvalue weighted by atomic mass is 9.87. The normalized spacial score (nSPS) is 24.7. The summed E-state index contributed by atoms with van der Waals surface area (Å²) in [6.45, 7) is 0. The van der Waals surface area contributed by atoms with Crippen molar-refractivity contribution in [3.63, 3.8) is 0 Å². The number of carbonyl (C=O) groups excluding carboxylic acids is 1. The second kappa shape index (κ2) is 9.40. The smallest absolute Gasteiger partial charge is 0.315 e. The molecule has 0 atom stereocenters. The highest BCUT2D eigenvalue weighted by molar-refractivity contribution is 5.72. The zero-order valence-corrected chi connectivity index (χ0v) is 18.7. The molecule has 0 saturated heterocycles. The second-order valence-corrected chi connectivity index (χ2v) is 9.58. The molecular weight excluding hydrogens is 376 g/mol. The summed E-state index contributed by atoms with van der Waals surface area (Å²) in [5.41, 5.74) is 8.35. The standard InChI is InChI=1S/C23H38N6O/c1-28(2)21-19-10-6-7-11-20(19)26-23(27-21)25-16-12-14-18(15-13-16)29(22(24)30)17-8-4-3-5-9-17/h16-18H,3-15H2,1-2H3,(H2,24,30)(H,25,26,27). The summed E-state index contributed by atoms with van der Waals surface area (Å²) >= 11 is 0. The van der Waals surface area contributed by atoms with Gasteiger partial charge in [-0.05, 0) is 64.2 Å². The molecule has 1 aromatic heterocycles. The van der Waals surface area contributed by atoms with Gasteiger partial charge in [-0.3, -0.25) is 0 Å². The van der Waals surface area contributed by atoms with Crippen LogP contribution in [0.5, 0.6) is 0 Å². The average Bonchev–Trinajstić information content (AvgIpc) is 2.75. The summed E-state index contributed by atoms with van der Waals surface area (Å²) < 4.78 is 0. The van der Waals surface area contributed by atoms with Crippen LogP contribution >= 0.6 is 0 Å². The lowest BCUT2D eigenvalue weighted by Crippen LogP contribution is -2.52. The molecule has 0 aromatic carbocycles. The highest BCUT2D eigenvalue weighted by Gasteiger charge is 2.33. The van der Waals surface area contributed by atoms with Crippen LogP contribution in [0.1, 0.15) is 81.9 Å². The number of hydrogen-bond donors (Lipinski definition) is 2. The summed E-state index contributed by atoms with van der Waals surface area (Å²) in [4.78, 5) is 26.1. The average molecular weight is 415 g/mol. The molecule has 0 radical (unpaired) electrons. The molecule has 30 heavy (non-hydrogen) atoms. The van der Waals surface area contributed by atoms with Gasteiger partial charge in [0.25, 0.3) is 0 Å². The van der Waals surface area contributed by atoms with E-state index in [4.69, 9.17) is 15.7 Å². The van der Waals surface area contributed by atoms with Gasteiger partial charge < -0.3 is 20.9 Å². The van der Waals surface area contributed by atoms with E-state index in [9.17, 15) is 4.79 Å². The number of aromatic nitrogens is 2. The number of urea groups is 1. The van der Waals surface area contributed by atoms with Crippen LogP contribution in [0.4, 0.5) is 16.6 Å². The quantitative estimate of drug-likeness (QED) is 0.764. The van der Waals surface area contributed by atoms with E-state index in [2.05, 4.69) is 24.3 Å². The summed E-state index contributed by atoms with van der Waals surface area (Å²) in [5.74, 6) is 1.83. The molecule has 0 unspecified atom stereocenters. The molecule has 3 aliphatic carbocycles. The first-order chi connectivity index (χ1) is 14.5. The third kappa shape index (κ3) is 4.65. The maximum atomic E-state index is 12.2. The van der Waals surface area contributed by atoms with Crippen molar-refractivity contribution in [2.45, 2.75) is 102 Å². The number of amides is 2. The zero-order valence-electron chi connectivity index (χ0n) is 18.7. The monoisotopic (exact) mass is 414 g/mol. The highest BCUT2D eigenvalue weighted by Crippen LogP contribution is 2.32. The molecule has 3 N–H and O–H groups in total. The van der Waals surface area contributed by atoms with Gasteiger partial charge in [0.15, 0.2) is 0 Å². The third-order valence-corrected chi connectivity index (χ3v) is 7.23. The number of nitrogens with two attached hydrogens (primary N) is 1. The van der Waals surface area contributed by atoms with E-state index in [0.29, 0.717) is 12.1 Å². The van der Waals surface area contributed by atoms with Crippen molar-refractivity contribution < 1.29 is 4.79 Å². The molecule has 0 spiro atoms. The van der Waals surface area contributed by atoms with Crippen molar-refractivity contribution in [2.24, 2.45) is 5.73 Å². The van der Waals surface area contributed by atoms with E-state index < -0.39 is 0 Å². The van der Waals surface area contributed by atoms with E-state index in [1.54, 1.807) is 0 Å². The fourth-order valence-corrected chi connectivity index (χ4v) is 5.71. The van der Waals surface area contributed by atoms with Crippen LogP contribution < -0.4 is 16.0 Å². The molecule has 7 nitrogen and oxygen atoms in total. The van der Waals surface area contributed by atoms with Crippen LogP contribution in [0, 0.1) is 0 Å². The summed E-state index contributed by atoms with van der Waals surface area (Å²) in [7, 11) is 4.13. The third-order valence-electron chi connectivity index (χ3n) is 7.23. The minimum absolute atomic E-state index is 0.230. The van der Waals surface area contributed by atoms with Crippen LogP contribution in [0.15, 0.2) is 0 Å². The van der Waals surface area contributed by atoms with Gasteiger partial charge in [0, 0.05) is 37.8 Å². The lowest BCUT2D eigenvalue weighted by Gasteiger charge is -2.42. The zero-order chi connectivity index (χ0) is 21.1. The molecule has 4 rings (SSSR count). The molecule has 1 heterocycles. The molecule has 2 saturated carbocycles. The molecule has 2 fully saturated rings. The molecule has 1 aromatic rings. The fourth-order valence-electron chi connectivity index (χ4n) is 5.71. The van der Waals surface area contributed by atoms with E-state index in [0.717, 1.165) is 63.1 Å². The van der Waals surface area contributed by atoms with Gasteiger partial charge in [0.2, 0.25) is 5.95 Å². The minimum atomic E-state index is -0.230. The number of hydrogen-bond acceptors (Lipinski definition) is 5. The Labute approximate surface area is 180 Å². The van der Waals surface area contributed by atoms with E-state index in [1.807, 2.05) is 4.90 Å². The molecular formula is C23H38N6O. The van der Waals surface area contributed by atoms with E-state index in [1.165, 1.54) is 43.4 Å². The SMILES string of the molecule is CN(C)c1nc(NC2CCC(N(C(N)=O)C3CCCCC3)CC2)nc2c1CCCC2. The maximum absolute atomic E-state index is 12.2. The Kier molecular flexibility index (Phi) is 6.64. The number of fused-ring (bicyclic) bond motifs is 1. The molecule has 2 amide bonds. The number of primary amides is 1. The topological polar surface area (TPSA) is 87.4 Å². The predicted octanol–water partition coefficient (Wildman–Crippen LogP) is 3.86. The van der Waals surface area contributed by atoms with Crippen molar-refractivity contribution >= 4 is 17.8 Å². The Bertz CT molecular complexity index is 737. The molecule has 7 heteroatoms. The Morgan fingerprint density at radius 2 is 1.57 bits per heavy atom. The van der Waals surface area contributed by atoms with Crippen molar-refractivity contribution in [3.05, 3.63) is 11.3 Å². The molecule has 0 bridgehead atoms. The molecule has 166 valence electrons. The van der Waals surface area contributed by atoms with Crippen LogP contribution in [0.3, 0.4) is 0 Å². The second-order valence-electron chi connectivity index (χ2n) is 9.58. The van der Waals surface area contributed by atoms with Gasteiger partial charge in [-0.15, -0.1) is 0 Å². The fraction of sp³-hybridized carbons (Fsp3) is 0.783. The van der Waals surface area contributed by atoms with Crippen molar-refractivity contribution in [1.29, 1.82) is 0 Å². The Morgan fingerprint density at radius 3 is 2.23 bits per heavy atom. The minimum Gasteiger partial charge on any atom is -0.362 e. The Hall–Kier alpha value is -2.05. The Morgan fingerprint density at radius 1 is 0.900 bits per heavy atom. The maximum Gasteiger partial charge on any atom is 0.315 e. The summed E-state index contributed by atoms with van der Waals surface area (Å²) in [6, 6.07) is 0.758. The van der Waals surface area contributed by atoms with Crippen LogP contribution in [-0.2, 0) is 12.8 Å². The number of carbonyl (C=O) groups is 1. The number of aryl methyl sites for hydroxylation is 1. The van der Waals surface area contributed by atoms with E-state index in [-0.39, 0.29) is 12.1 Å². The van der Waals surface area contributed by atoms with Gasteiger partial charge in [-0.1, -0.05) is 19.3 Å². The van der Waals surface area contributed by atoms with Crippen molar-refractivity contribution in [3.8, 4) is 0 Å². The number of anilines is 2. The van der Waals surface area contributed by atoms with Gasteiger partial charge in [0.1, 0.15) is 5.82 Å². The van der Waals surface area contributed by atoms with Gasteiger partial charge in [-0.2, -0.15) is 4.98 Å². The first kappa shape index (κ1) is 21.2.